The molecular formula is C17H28N2O2. The zero-order valence-electron chi connectivity index (χ0n) is 13.6. The van der Waals surface area contributed by atoms with Crippen molar-refractivity contribution >= 4 is 17.3 Å². The molecule has 0 unspecified atom stereocenters. The van der Waals surface area contributed by atoms with Gasteiger partial charge in [0.25, 0.3) is 0 Å². The number of aliphatic carboxylic acids is 1. The summed E-state index contributed by atoms with van der Waals surface area (Å²) in [4.78, 5) is 11.0. The number of hydrogen-bond donors (Lipinski definition) is 3. The van der Waals surface area contributed by atoms with Gasteiger partial charge in [0, 0.05) is 6.54 Å². The molecule has 4 nitrogen and oxygen atoms in total. The highest BCUT2D eigenvalue weighted by molar-refractivity contribution is 5.73. The fourth-order valence-corrected chi connectivity index (χ4v) is 2.19. The van der Waals surface area contributed by atoms with E-state index in [2.05, 4.69) is 25.2 Å². The third-order valence-electron chi connectivity index (χ3n) is 4.04. The maximum atomic E-state index is 11.0. The highest BCUT2D eigenvalue weighted by Gasteiger charge is 2.25. The first-order valence-corrected chi connectivity index (χ1v) is 7.58. The molecule has 0 heterocycles. The quantitative estimate of drug-likeness (QED) is 0.500. The number of unbranched alkanes of at least 4 members (excludes halogenated alkanes) is 2. The summed E-state index contributed by atoms with van der Waals surface area (Å²) in [6.45, 7) is 8.56. The van der Waals surface area contributed by atoms with Crippen molar-refractivity contribution < 1.29 is 9.90 Å². The first-order valence-electron chi connectivity index (χ1n) is 7.58. The molecule has 4 N–H and O–H groups in total. The Labute approximate surface area is 127 Å². The summed E-state index contributed by atoms with van der Waals surface area (Å²) in [6.07, 6.45) is 3.69. The third kappa shape index (κ3) is 5.29. The Morgan fingerprint density at radius 1 is 1.19 bits per heavy atom. The molecule has 1 rings (SSSR count). The molecule has 0 bridgehead atoms. The number of anilines is 2. The minimum absolute atomic E-state index is 0.619. The van der Waals surface area contributed by atoms with Gasteiger partial charge in [0.2, 0.25) is 0 Å². The normalized spacial score (nSPS) is 11.4. The van der Waals surface area contributed by atoms with Gasteiger partial charge in [-0.15, -0.1) is 0 Å². The molecule has 1 aromatic carbocycles. The minimum atomic E-state index is -0.719. The number of nitrogen functional groups attached to an aromatic ring is 1. The van der Waals surface area contributed by atoms with Crippen LogP contribution < -0.4 is 11.1 Å². The molecule has 0 amide bonds. The SMILES string of the molecule is Cc1cc(N)c(NCCCCCC(C)(C)C(=O)O)cc1C. The molecule has 0 radical (unpaired) electrons. The highest BCUT2D eigenvalue weighted by Crippen LogP contribution is 2.25. The van der Waals surface area contributed by atoms with E-state index in [0.717, 1.165) is 37.2 Å². The van der Waals surface area contributed by atoms with Crippen LogP contribution in [0, 0.1) is 19.3 Å². The number of rotatable bonds is 8. The van der Waals surface area contributed by atoms with E-state index < -0.39 is 11.4 Å². The number of benzene rings is 1. The zero-order chi connectivity index (χ0) is 16.0. The van der Waals surface area contributed by atoms with Crippen molar-refractivity contribution in [3.05, 3.63) is 23.3 Å². The number of carboxylic acid groups (broad SMARTS) is 1. The Kier molecular flexibility index (Phi) is 6.06. The second-order valence-corrected chi connectivity index (χ2v) is 6.45. The molecule has 21 heavy (non-hydrogen) atoms. The summed E-state index contributed by atoms with van der Waals surface area (Å²) in [7, 11) is 0. The maximum Gasteiger partial charge on any atom is 0.309 e. The van der Waals surface area contributed by atoms with E-state index >= 15 is 0 Å². The molecular weight excluding hydrogens is 264 g/mol. The van der Waals surface area contributed by atoms with Crippen LogP contribution >= 0.6 is 0 Å². The van der Waals surface area contributed by atoms with E-state index in [4.69, 9.17) is 10.8 Å². The van der Waals surface area contributed by atoms with Gasteiger partial charge in [0.05, 0.1) is 16.8 Å². The van der Waals surface area contributed by atoms with Gasteiger partial charge in [0.1, 0.15) is 0 Å². The lowest BCUT2D eigenvalue weighted by molar-refractivity contribution is -0.147. The van der Waals surface area contributed by atoms with Gasteiger partial charge in [-0.2, -0.15) is 0 Å². The Bertz CT molecular complexity index is 496. The van der Waals surface area contributed by atoms with Crippen LogP contribution in [0.25, 0.3) is 0 Å². The van der Waals surface area contributed by atoms with E-state index in [-0.39, 0.29) is 0 Å². The number of aryl methyl sites for hydroxylation is 2. The predicted molar refractivity (Wildman–Crippen MR) is 88.7 cm³/mol. The van der Waals surface area contributed by atoms with Crippen LogP contribution in [0.2, 0.25) is 0 Å². The van der Waals surface area contributed by atoms with E-state index in [1.807, 2.05) is 6.07 Å². The number of nitrogens with two attached hydrogens (primary N) is 1. The van der Waals surface area contributed by atoms with Crippen LogP contribution in [-0.4, -0.2) is 17.6 Å². The molecule has 4 heteroatoms. The lowest BCUT2D eigenvalue weighted by atomic mass is 9.87. The largest absolute Gasteiger partial charge is 0.481 e. The summed E-state index contributed by atoms with van der Waals surface area (Å²) in [5.74, 6) is -0.719. The van der Waals surface area contributed by atoms with Crippen LogP contribution in [0.15, 0.2) is 12.1 Å². The van der Waals surface area contributed by atoms with Crippen molar-refractivity contribution in [1.29, 1.82) is 0 Å². The van der Waals surface area contributed by atoms with Crippen LogP contribution in [0.1, 0.15) is 50.7 Å². The van der Waals surface area contributed by atoms with Crippen molar-refractivity contribution in [2.45, 2.75) is 53.4 Å². The van der Waals surface area contributed by atoms with Crippen molar-refractivity contribution in [2.24, 2.45) is 5.41 Å². The molecule has 0 saturated heterocycles. The predicted octanol–water partition coefficient (Wildman–Crippen LogP) is 3.97. The summed E-state index contributed by atoms with van der Waals surface area (Å²) in [5, 5.41) is 12.4. The average Bonchev–Trinajstić information content (AvgIpc) is 2.39. The fraction of sp³-hybridized carbons (Fsp3) is 0.588. The molecule has 0 aliphatic heterocycles. The first kappa shape index (κ1) is 17.3. The average molecular weight is 292 g/mol. The highest BCUT2D eigenvalue weighted by atomic mass is 16.4. The van der Waals surface area contributed by atoms with Gasteiger partial charge in [-0.05, 0) is 63.8 Å². The first-order chi connectivity index (χ1) is 9.74. The second-order valence-electron chi connectivity index (χ2n) is 6.45. The van der Waals surface area contributed by atoms with E-state index in [1.54, 1.807) is 13.8 Å². The molecule has 0 spiro atoms. The second kappa shape index (κ2) is 7.34. The molecule has 118 valence electrons. The Hall–Kier alpha value is -1.71. The van der Waals surface area contributed by atoms with Crippen molar-refractivity contribution in [3.8, 4) is 0 Å². The lowest BCUT2D eigenvalue weighted by Gasteiger charge is -2.18. The molecule has 0 fully saturated rings. The van der Waals surface area contributed by atoms with Crippen LogP contribution in [-0.2, 0) is 4.79 Å². The molecule has 0 aromatic heterocycles. The maximum absolute atomic E-state index is 11.0. The van der Waals surface area contributed by atoms with Crippen molar-refractivity contribution in [1.82, 2.24) is 0 Å². The standard InChI is InChI=1S/C17H28N2O2/c1-12-10-14(18)15(11-13(12)2)19-9-7-5-6-8-17(3,4)16(20)21/h10-11,19H,5-9,18H2,1-4H3,(H,20,21). The Morgan fingerprint density at radius 2 is 1.81 bits per heavy atom. The lowest BCUT2D eigenvalue weighted by Crippen LogP contribution is -2.23. The number of hydrogen-bond acceptors (Lipinski definition) is 3. The summed E-state index contributed by atoms with van der Waals surface area (Å²) in [5.41, 5.74) is 9.58. The molecule has 1 aromatic rings. The monoisotopic (exact) mass is 292 g/mol. The van der Waals surface area contributed by atoms with Crippen LogP contribution in [0.5, 0.6) is 0 Å². The van der Waals surface area contributed by atoms with Gasteiger partial charge in [-0.3, -0.25) is 4.79 Å². The van der Waals surface area contributed by atoms with E-state index in [1.165, 1.54) is 11.1 Å². The topological polar surface area (TPSA) is 75.3 Å². The minimum Gasteiger partial charge on any atom is -0.481 e. The van der Waals surface area contributed by atoms with Gasteiger partial charge >= 0.3 is 5.97 Å². The molecule has 0 aliphatic carbocycles. The summed E-state index contributed by atoms with van der Waals surface area (Å²) >= 11 is 0. The number of carbonyl (C=O) groups is 1. The van der Waals surface area contributed by atoms with Crippen molar-refractivity contribution in [3.63, 3.8) is 0 Å². The Balaban J connectivity index is 2.29. The summed E-state index contributed by atoms with van der Waals surface area (Å²) in [6, 6.07) is 4.07. The van der Waals surface area contributed by atoms with E-state index in [9.17, 15) is 4.79 Å². The van der Waals surface area contributed by atoms with Gasteiger partial charge in [-0.25, -0.2) is 0 Å². The van der Waals surface area contributed by atoms with Crippen molar-refractivity contribution in [2.75, 3.05) is 17.6 Å². The smallest absolute Gasteiger partial charge is 0.309 e. The van der Waals surface area contributed by atoms with Gasteiger partial charge < -0.3 is 16.2 Å². The van der Waals surface area contributed by atoms with Crippen LogP contribution in [0.4, 0.5) is 11.4 Å². The third-order valence-corrected chi connectivity index (χ3v) is 4.04. The summed E-state index contributed by atoms with van der Waals surface area (Å²) < 4.78 is 0. The van der Waals surface area contributed by atoms with E-state index in [0.29, 0.717) is 6.42 Å². The van der Waals surface area contributed by atoms with Gasteiger partial charge in [-0.1, -0.05) is 12.8 Å². The molecule has 0 atom stereocenters. The Morgan fingerprint density at radius 3 is 2.43 bits per heavy atom. The van der Waals surface area contributed by atoms with Gasteiger partial charge in [0.15, 0.2) is 0 Å². The number of carboxylic acids is 1. The fourth-order valence-electron chi connectivity index (χ4n) is 2.19. The zero-order valence-corrected chi connectivity index (χ0v) is 13.6. The molecule has 0 aliphatic rings. The number of nitrogens with one attached hydrogen (secondary N) is 1. The van der Waals surface area contributed by atoms with Crippen LogP contribution in [0.3, 0.4) is 0 Å². The molecule has 0 saturated carbocycles.